The van der Waals surface area contributed by atoms with Crippen molar-refractivity contribution in [3.05, 3.63) is 23.8 Å². The van der Waals surface area contributed by atoms with Crippen molar-refractivity contribution in [1.29, 1.82) is 0 Å². The first-order chi connectivity index (χ1) is 6.61. The summed E-state index contributed by atoms with van der Waals surface area (Å²) in [7, 11) is 0. The second-order valence-corrected chi connectivity index (χ2v) is 4.43. The summed E-state index contributed by atoms with van der Waals surface area (Å²) in [6.45, 7) is 6.11. The van der Waals surface area contributed by atoms with Crippen LogP contribution in [-0.4, -0.2) is 5.78 Å². The Labute approximate surface area is 86.9 Å². The second-order valence-electron chi connectivity index (χ2n) is 4.43. The zero-order valence-corrected chi connectivity index (χ0v) is 9.42. The molecule has 78 valence electrons. The molecule has 0 N–H and O–H groups in total. The van der Waals surface area contributed by atoms with E-state index in [0.29, 0.717) is 11.8 Å². The van der Waals surface area contributed by atoms with Gasteiger partial charge in [-0.05, 0) is 49.7 Å². The Morgan fingerprint density at radius 3 is 2.86 bits per heavy atom. The van der Waals surface area contributed by atoms with E-state index in [1.165, 1.54) is 24.8 Å². The number of allylic oxidation sites excluding steroid dienone is 4. The molecule has 0 amide bonds. The van der Waals surface area contributed by atoms with E-state index in [-0.39, 0.29) is 5.78 Å². The van der Waals surface area contributed by atoms with Crippen molar-refractivity contribution in [1.82, 2.24) is 0 Å². The minimum atomic E-state index is 0.138. The third kappa shape index (κ3) is 3.13. The summed E-state index contributed by atoms with van der Waals surface area (Å²) in [6, 6.07) is 0. The van der Waals surface area contributed by atoms with Crippen molar-refractivity contribution < 1.29 is 4.79 Å². The molecule has 0 spiro atoms. The lowest BCUT2D eigenvalue weighted by molar-refractivity contribution is -0.112. The molecule has 0 bridgehead atoms. The van der Waals surface area contributed by atoms with Crippen LogP contribution in [-0.2, 0) is 4.79 Å². The van der Waals surface area contributed by atoms with Crippen LogP contribution in [0, 0.1) is 11.8 Å². The van der Waals surface area contributed by atoms with Gasteiger partial charge in [0, 0.05) is 0 Å². The van der Waals surface area contributed by atoms with E-state index in [1.807, 2.05) is 6.08 Å². The highest BCUT2D eigenvalue weighted by atomic mass is 16.1. The quantitative estimate of drug-likeness (QED) is 0.625. The molecular formula is C13H20O. The van der Waals surface area contributed by atoms with Crippen LogP contribution in [0.1, 0.15) is 40.0 Å². The summed E-state index contributed by atoms with van der Waals surface area (Å²) >= 11 is 0. The van der Waals surface area contributed by atoms with Crippen molar-refractivity contribution in [2.75, 3.05) is 0 Å². The molecular weight excluding hydrogens is 172 g/mol. The molecule has 1 nitrogen and oxygen atoms in total. The molecule has 0 heterocycles. The molecule has 0 saturated carbocycles. The van der Waals surface area contributed by atoms with Gasteiger partial charge in [-0.15, -0.1) is 0 Å². The predicted molar refractivity (Wildman–Crippen MR) is 60.1 cm³/mol. The zero-order chi connectivity index (χ0) is 10.6. The molecule has 0 fully saturated rings. The minimum Gasteiger partial charge on any atom is -0.295 e. The summed E-state index contributed by atoms with van der Waals surface area (Å²) in [4.78, 5) is 10.8. The molecule has 1 unspecified atom stereocenters. The molecule has 0 aromatic rings. The molecule has 1 aliphatic carbocycles. The molecule has 0 aliphatic heterocycles. The van der Waals surface area contributed by atoms with E-state index in [1.54, 1.807) is 13.0 Å². The fourth-order valence-corrected chi connectivity index (χ4v) is 2.05. The van der Waals surface area contributed by atoms with Gasteiger partial charge in [0.1, 0.15) is 0 Å². The van der Waals surface area contributed by atoms with Crippen LogP contribution < -0.4 is 0 Å². The Hall–Kier alpha value is -0.850. The smallest absolute Gasteiger partial charge is 0.152 e. The van der Waals surface area contributed by atoms with Crippen LogP contribution in [0.2, 0.25) is 0 Å². The van der Waals surface area contributed by atoms with Crippen molar-refractivity contribution in [3.8, 4) is 0 Å². The number of hydrogen-bond acceptors (Lipinski definition) is 1. The molecule has 0 radical (unpaired) electrons. The first-order valence-electron chi connectivity index (χ1n) is 5.50. The minimum absolute atomic E-state index is 0.138. The summed E-state index contributed by atoms with van der Waals surface area (Å²) in [5.74, 6) is 1.47. The summed E-state index contributed by atoms with van der Waals surface area (Å²) in [6.07, 6.45) is 9.71. The zero-order valence-electron chi connectivity index (χ0n) is 9.42. The molecule has 0 aromatic carbocycles. The van der Waals surface area contributed by atoms with Gasteiger partial charge in [-0.25, -0.2) is 0 Å². The van der Waals surface area contributed by atoms with Gasteiger partial charge < -0.3 is 0 Å². The van der Waals surface area contributed by atoms with Crippen molar-refractivity contribution in [2.24, 2.45) is 11.8 Å². The normalized spacial score (nSPS) is 22.9. The van der Waals surface area contributed by atoms with Gasteiger partial charge in [0.25, 0.3) is 0 Å². The van der Waals surface area contributed by atoms with E-state index in [2.05, 4.69) is 19.9 Å². The molecule has 0 aromatic heterocycles. The fourth-order valence-electron chi connectivity index (χ4n) is 2.05. The van der Waals surface area contributed by atoms with Gasteiger partial charge >= 0.3 is 0 Å². The van der Waals surface area contributed by atoms with Gasteiger partial charge in [-0.2, -0.15) is 0 Å². The van der Waals surface area contributed by atoms with E-state index >= 15 is 0 Å². The van der Waals surface area contributed by atoms with Crippen LogP contribution >= 0.6 is 0 Å². The second kappa shape index (κ2) is 5.14. The van der Waals surface area contributed by atoms with Crippen molar-refractivity contribution >= 4 is 5.78 Å². The van der Waals surface area contributed by atoms with Crippen molar-refractivity contribution in [2.45, 2.75) is 40.0 Å². The summed E-state index contributed by atoms with van der Waals surface area (Å²) in [5, 5.41) is 0. The van der Waals surface area contributed by atoms with E-state index in [9.17, 15) is 4.79 Å². The maximum Gasteiger partial charge on any atom is 0.152 e. The fraction of sp³-hybridized carbons (Fsp3) is 0.615. The first-order valence-corrected chi connectivity index (χ1v) is 5.50. The lowest BCUT2D eigenvalue weighted by atomic mass is 9.80. The largest absolute Gasteiger partial charge is 0.295 e. The average Bonchev–Trinajstić information content (AvgIpc) is 2.15. The number of hydrogen-bond donors (Lipinski definition) is 0. The maximum absolute atomic E-state index is 10.8. The Morgan fingerprint density at radius 2 is 2.29 bits per heavy atom. The predicted octanol–water partition coefficient (Wildman–Crippen LogP) is 3.51. The molecule has 1 atom stereocenters. The first kappa shape index (κ1) is 11.2. The van der Waals surface area contributed by atoms with Crippen LogP contribution in [0.25, 0.3) is 0 Å². The molecule has 1 heteroatoms. The Kier molecular flexibility index (Phi) is 4.12. The van der Waals surface area contributed by atoms with Crippen LogP contribution in [0.4, 0.5) is 0 Å². The monoisotopic (exact) mass is 192 g/mol. The van der Waals surface area contributed by atoms with Crippen LogP contribution in [0.15, 0.2) is 23.8 Å². The SMILES string of the molecule is CC(=O)C=CC1=CCCCC1C(C)C. The molecule has 14 heavy (non-hydrogen) atoms. The van der Waals surface area contributed by atoms with Crippen molar-refractivity contribution in [3.63, 3.8) is 0 Å². The Balaban J connectivity index is 2.72. The van der Waals surface area contributed by atoms with Gasteiger partial charge in [0.15, 0.2) is 5.78 Å². The summed E-state index contributed by atoms with van der Waals surface area (Å²) < 4.78 is 0. The topological polar surface area (TPSA) is 17.1 Å². The molecule has 1 aliphatic rings. The van der Waals surface area contributed by atoms with Crippen LogP contribution in [0.3, 0.4) is 0 Å². The van der Waals surface area contributed by atoms with Gasteiger partial charge in [0.2, 0.25) is 0 Å². The number of carbonyl (C=O) groups is 1. The lowest BCUT2D eigenvalue weighted by Crippen LogP contribution is -2.13. The third-order valence-electron chi connectivity index (χ3n) is 2.84. The molecule has 1 rings (SSSR count). The van der Waals surface area contributed by atoms with E-state index in [0.717, 1.165) is 0 Å². The van der Waals surface area contributed by atoms with E-state index < -0.39 is 0 Å². The van der Waals surface area contributed by atoms with Crippen LogP contribution in [0.5, 0.6) is 0 Å². The van der Waals surface area contributed by atoms with Gasteiger partial charge in [0.05, 0.1) is 0 Å². The number of rotatable bonds is 3. The third-order valence-corrected chi connectivity index (χ3v) is 2.84. The average molecular weight is 192 g/mol. The lowest BCUT2D eigenvalue weighted by Gasteiger charge is -2.25. The van der Waals surface area contributed by atoms with Gasteiger partial charge in [-0.3, -0.25) is 4.79 Å². The number of ketones is 1. The summed E-state index contributed by atoms with van der Waals surface area (Å²) in [5.41, 5.74) is 1.36. The Bertz CT molecular complexity index is 258. The van der Waals surface area contributed by atoms with Gasteiger partial charge in [-0.1, -0.05) is 26.0 Å². The highest BCUT2D eigenvalue weighted by Gasteiger charge is 2.18. The maximum atomic E-state index is 10.8. The standard InChI is InChI=1S/C13H20O/c1-10(2)13-7-5-4-6-12(13)9-8-11(3)14/h6,8-10,13H,4-5,7H2,1-3H3. The van der Waals surface area contributed by atoms with E-state index in [4.69, 9.17) is 0 Å². The highest BCUT2D eigenvalue weighted by molar-refractivity contribution is 5.87. The molecule has 0 saturated heterocycles. The highest BCUT2D eigenvalue weighted by Crippen LogP contribution is 2.31. The number of carbonyl (C=O) groups excluding carboxylic acids is 1. The Morgan fingerprint density at radius 1 is 1.57 bits per heavy atom.